The van der Waals surface area contributed by atoms with Crippen molar-refractivity contribution in [1.82, 2.24) is 29.0 Å². The number of aryl methyl sites for hydroxylation is 1. The molecule has 0 saturated carbocycles. The molecule has 0 radical (unpaired) electrons. The quantitative estimate of drug-likeness (QED) is 0.720. The lowest BCUT2D eigenvalue weighted by Gasteiger charge is -2.22. The second-order valence-corrected chi connectivity index (χ2v) is 6.39. The number of hydrogen-bond acceptors (Lipinski definition) is 5. The fourth-order valence-corrected chi connectivity index (χ4v) is 3.23. The van der Waals surface area contributed by atoms with E-state index in [-0.39, 0.29) is 0 Å². The Morgan fingerprint density at radius 2 is 2.12 bits per heavy atom. The highest BCUT2D eigenvalue weighted by Gasteiger charge is 2.21. The van der Waals surface area contributed by atoms with E-state index in [0.29, 0.717) is 5.92 Å². The van der Waals surface area contributed by atoms with E-state index < -0.39 is 0 Å². The van der Waals surface area contributed by atoms with E-state index in [4.69, 9.17) is 4.74 Å². The summed E-state index contributed by atoms with van der Waals surface area (Å²) in [6.07, 6.45) is 8.41. The van der Waals surface area contributed by atoms with E-state index in [1.807, 2.05) is 36.2 Å². The van der Waals surface area contributed by atoms with Gasteiger partial charge < -0.3 is 9.30 Å². The summed E-state index contributed by atoms with van der Waals surface area (Å²) in [4.78, 5) is 11.1. The molecule has 24 heavy (non-hydrogen) atoms. The van der Waals surface area contributed by atoms with Crippen molar-refractivity contribution in [3.63, 3.8) is 0 Å². The molecule has 7 nitrogen and oxygen atoms in total. The van der Waals surface area contributed by atoms with E-state index in [2.05, 4.69) is 30.6 Å². The lowest BCUT2D eigenvalue weighted by molar-refractivity contribution is 0.121. The van der Waals surface area contributed by atoms with Crippen LogP contribution in [0, 0.1) is 5.92 Å². The molecule has 3 aromatic rings. The predicted octanol–water partition coefficient (Wildman–Crippen LogP) is 1.15. The van der Waals surface area contributed by atoms with Gasteiger partial charge in [0.1, 0.15) is 5.82 Å². The molecule has 0 aromatic carbocycles. The summed E-state index contributed by atoms with van der Waals surface area (Å²) in [5.41, 5.74) is 1.96. The number of ether oxygens (including phenoxy) is 1. The minimum atomic E-state index is 0.432. The van der Waals surface area contributed by atoms with Crippen molar-refractivity contribution in [3.05, 3.63) is 48.4 Å². The molecule has 1 fully saturated rings. The molecule has 1 atom stereocenters. The van der Waals surface area contributed by atoms with Crippen LogP contribution in [0.5, 0.6) is 0 Å². The maximum atomic E-state index is 5.82. The van der Waals surface area contributed by atoms with Crippen LogP contribution < -0.4 is 0 Å². The first-order valence-electron chi connectivity index (χ1n) is 8.33. The molecular formula is C17H22N6O. The number of aromatic nitrogens is 5. The first-order chi connectivity index (χ1) is 11.8. The lowest BCUT2D eigenvalue weighted by atomic mass is 10.0. The Morgan fingerprint density at radius 1 is 1.21 bits per heavy atom. The van der Waals surface area contributed by atoms with Crippen LogP contribution in [0.2, 0.25) is 0 Å². The van der Waals surface area contributed by atoms with Crippen LogP contribution >= 0.6 is 0 Å². The monoisotopic (exact) mass is 326 g/mol. The Labute approximate surface area is 140 Å². The zero-order chi connectivity index (χ0) is 16.4. The minimum absolute atomic E-state index is 0.432. The fraction of sp³-hybridized carbons (Fsp3) is 0.471. The van der Waals surface area contributed by atoms with E-state index in [1.54, 1.807) is 6.20 Å². The van der Waals surface area contributed by atoms with Crippen molar-refractivity contribution in [3.8, 4) is 0 Å². The molecule has 3 aromatic heterocycles. The van der Waals surface area contributed by atoms with Crippen molar-refractivity contribution in [1.29, 1.82) is 0 Å². The van der Waals surface area contributed by atoms with Crippen molar-refractivity contribution < 1.29 is 4.74 Å². The van der Waals surface area contributed by atoms with Gasteiger partial charge in [0, 0.05) is 50.8 Å². The van der Waals surface area contributed by atoms with Crippen LogP contribution in [0.3, 0.4) is 0 Å². The molecule has 126 valence electrons. The highest BCUT2D eigenvalue weighted by molar-refractivity contribution is 5.36. The van der Waals surface area contributed by atoms with E-state index >= 15 is 0 Å². The third kappa shape index (κ3) is 3.32. The number of imidazole rings is 2. The van der Waals surface area contributed by atoms with Gasteiger partial charge in [0.05, 0.1) is 25.5 Å². The second-order valence-electron chi connectivity index (χ2n) is 6.39. The topological polar surface area (TPSA) is 60.5 Å². The summed E-state index contributed by atoms with van der Waals surface area (Å²) in [5.74, 6) is 1.52. The zero-order valence-corrected chi connectivity index (χ0v) is 13.9. The van der Waals surface area contributed by atoms with Gasteiger partial charge in [0.2, 0.25) is 0 Å². The average molecular weight is 326 g/mol. The maximum Gasteiger partial charge on any atom is 0.153 e. The lowest BCUT2D eigenvalue weighted by Crippen LogP contribution is -2.31. The van der Waals surface area contributed by atoms with Crippen molar-refractivity contribution in [2.45, 2.75) is 13.0 Å². The molecule has 0 amide bonds. The van der Waals surface area contributed by atoms with E-state index in [1.165, 1.54) is 0 Å². The number of fused-ring (bicyclic) bond motifs is 1. The maximum absolute atomic E-state index is 5.82. The predicted molar refractivity (Wildman–Crippen MR) is 89.5 cm³/mol. The molecule has 1 saturated heterocycles. The molecular weight excluding hydrogens is 304 g/mol. The van der Waals surface area contributed by atoms with Gasteiger partial charge in [-0.25, -0.2) is 14.5 Å². The highest BCUT2D eigenvalue weighted by atomic mass is 16.5. The Balaban J connectivity index is 1.44. The van der Waals surface area contributed by atoms with Gasteiger partial charge in [-0.05, 0) is 18.6 Å². The smallest absolute Gasteiger partial charge is 0.153 e. The normalized spacial score (nSPS) is 19.6. The van der Waals surface area contributed by atoms with Crippen LogP contribution in [0.15, 0.2) is 36.9 Å². The SMILES string of the molecule is Cn1ccnc1CN1CCOCC(Cc2ccc3nccn3n2)C1. The molecule has 0 aliphatic carbocycles. The first-order valence-corrected chi connectivity index (χ1v) is 8.33. The van der Waals surface area contributed by atoms with Gasteiger partial charge in [-0.3, -0.25) is 4.90 Å². The molecule has 1 aliphatic rings. The third-order valence-corrected chi connectivity index (χ3v) is 4.52. The van der Waals surface area contributed by atoms with Crippen molar-refractivity contribution in [2.75, 3.05) is 26.3 Å². The van der Waals surface area contributed by atoms with E-state index in [9.17, 15) is 0 Å². The van der Waals surface area contributed by atoms with Crippen molar-refractivity contribution >= 4 is 5.65 Å². The van der Waals surface area contributed by atoms with E-state index in [0.717, 1.165) is 56.4 Å². The van der Waals surface area contributed by atoms with Gasteiger partial charge in [-0.2, -0.15) is 5.10 Å². The summed E-state index contributed by atoms with van der Waals surface area (Å²) < 4.78 is 9.73. The largest absolute Gasteiger partial charge is 0.380 e. The Morgan fingerprint density at radius 3 is 3.00 bits per heavy atom. The first kappa shape index (κ1) is 15.3. The van der Waals surface area contributed by atoms with Crippen LogP contribution in [0.4, 0.5) is 0 Å². The molecule has 4 rings (SSSR count). The Kier molecular flexibility index (Phi) is 4.27. The van der Waals surface area contributed by atoms with Crippen LogP contribution in [-0.2, 0) is 24.8 Å². The Bertz CT molecular complexity index is 810. The fourth-order valence-electron chi connectivity index (χ4n) is 3.23. The summed E-state index contributed by atoms with van der Waals surface area (Å²) in [6.45, 7) is 4.35. The third-order valence-electron chi connectivity index (χ3n) is 4.52. The molecule has 7 heteroatoms. The molecule has 0 spiro atoms. The number of hydrogen-bond donors (Lipinski definition) is 0. The second kappa shape index (κ2) is 6.70. The minimum Gasteiger partial charge on any atom is -0.380 e. The molecule has 1 unspecified atom stereocenters. The van der Waals surface area contributed by atoms with Gasteiger partial charge in [-0.15, -0.1) is 0 Å². The summed E-state index contributed by atoms with van der Waals surface area (Å²) in [5, 5.41) is 4.64. The van der Waals surface area contributed by atoms with Crippen molar-refractivity contribution in [2.24, 2.45) is 13.0 Å². The summed E-state index contributed by atoms with van der Waals surface area (Å²) in [7, 11) is 2.04. The molecule has 0 bridgehead atoms. The van der Waals surface area contributed by atoms with Gasteiger partial charge >= 0.3 is 0 Å². The zero-order valence-electron chi connectivity index (χ0n) is 13.9. The Hall–Kier alpha value is -2.25. The summed E-state index contributed by atoms with van der Waals surface area (Å²) in [6, 6.07) is 4.09. The number of nitrogens with zero attached hydrogens (tertiary/aromatic N) is 6. The molecule has 1 aliphatic heterocycles. The van der Waals surface area contributed by atoms with Gasteiger partial charge in [-0.1, -0.05) is 0 Å². The highest BCUT2D eigenvalue weighted by Crippen LogP contribution is 2.15. The number of rotatable bonds is 4. The van der Waals surface area contributed by atoms with Crippen LogP contribution in [-0.4, -0.2) is 55.4 Å². The molecule has 0 N–H and O–H groups in total. The standard InChI is InChI=1S/C17H22N6O/c1-21-6-4-19-17(21)12-22-8-9-24-13-14(11-22)10-15-2-3-16-18-5-7-23(16)20-15/h2-7,14H,8-13H2,1H3. The molecule has 4 heterocycles. The average Bonchev–Trinajstić information content (AvgIpc) is 3.13. The van der Waals surface area contributed by atoms with Gasteiger partial charge in [0.15, 0.2) is 5.65 Å². The van der Waals surface area contributed by atoms with Crippen LogP contribution in [0.1, 0.15) is 11.5 Å². The van der Waals surface area contributed by atoms with Gasteiger partial charge in [0.25, 0.3) is 0 Å². The van der Waals surface area contributed by atoms with Crippen LogP contribution in [0.25, 0.3) is 5.65 Å². The summed E-state index contributed by atoms with van der Waals surface area (Å²) >= 11 is 0.